The van der Waals surface area contributed by atoms with Crippen molar-refractivity contribution in [2.45, 2.75) is 0 Å². The summed E-state index contributed by atoms with van der Waals surface area (Å²) in [6.07, 6.45) is 0.911. The minimum atomic E-state index is 0.726. The fourth-order valence-corrected chi connectivity index (χ4v) is 3.84. The van der Waals surface area contributed by atoms with E-state index in [9.17, 15) is 4.79 Å². The number of piperazine rings is 1. The Labute approximate surface area is 139 Å². The van der Waals surface area contributed by atoms with Crippen molar-refractivity contribution < 1.29 is 4.79 Å². The number of likely N-dealkylation sites (N-methyl/N-ethyl adjacent to an activating group) is 1. The van der Waals surface area contributed by atoms with Crippen LogP contribution in [0.2, 0.25) is 0 Å². The van der Waals surface area contributed by atoms with Gasteiger partial charge in [-0.05, 0) is 25.2 Å². The molecule has 0 radical (unpaired) electrons. The molecular formula is C17H18N4OS. The zero-order valence-electron chi connectivity index (χ0n) is 13.0. The molecule has 0 amide bonds. The maximum absolute atomic E-state index is 11.2. The maximum Gasteiger partial charge on any atom is 0.160 e. The van der Waals surface area contributed by atoms with Crippen LogP contribution in [0.1, 0.15) is 15.2 Å². The number of thiophene rings is 1. The molecule has 1 saturated heterocycles. The molecule has 1 N–H and O–H groups in total. The summed E-state index contributed by atoms with van der Waals surface area (Å²) < 4.78 is 0. The molecular weight excluding hydrogens is 308 g/mol. The standard InChI is InChI=1S/C17H18N4OS/c1-20-6-8-21(9-7-20)16-13-10-12(11-22)23-17(13)19-15-5-3-2-4-14(15)18-16/h2-5,10-11,19H,6-9H2,1H3. The van der Waals surface area contributed by atoms with E-state index in [1.807, 2.05) is 30.3 Å². The highest BCUT2D eigenvalue weighted by Gasteiger charge is 2.25. The molecule has 2 aromatic rings. The van der Waals surface area contributed by atoms with E-state index in [2.05, 4.69) is 22.2 Å². The zero-order valence-corrected chi connectivity index (χ0v) is 13.8. The van der Waals surface area contributed by atoms with Gasteiger partial charge in [0.25, 0.3) is 0 Å². The van der Waals surface area contributed by atoms with Gasteiger partial charge in [-0.1, -0.05) is 12.1 Å². The first-order chi connectivity index (χ1) is 11.2. The number of aliphatic imine (C=N–C) groups is 1. The number of carbonyl (C=O) groups excluding carboxylic acids is 1. The molecule has 0 atom stereocenters. The second-order valence-electron chi connectivity index (χ2n) is 5.88. The average Bonchev–Trinajstić information content (AvgIpc) is 2.91. The van der Waals surface area contributed by atoms with Crippen LogP contribution in [-0.2, 0) is 0 Å². The molecule has 1 aromatic heterocycles. The Bertz CT molecular complexity index is 775. The molecule has 2 aliphatic rings. The SMILES string of the molecule is CN1CCN(C2=Nc3ccccc3Nc3sc(C=O)cc32)CC1. The number of rotatable bonds is 1. The van der Waals surface area contributed by atoms with Crippen LogP contribution in [0.3, 0.4) is 0 Å². The molecule has 4 rings (SSSR count). The number of para-hydroxylation sites is 2. The lowest BCUT2D eigenvalue weighted by Crippen LogP contribution is -2.47. The fourth-order valence-electron chi connectivity index (χ4n) is 2.96. The minimum absolute atomic E-state index is 0.726. The van der Waals surface area contributed by atoms with E-state index in [4.69, 9.17) is 4.99 Å². The van der Waals surface area contributed by atoms with Crippen molar-refractivity contribution in [3.8, 4) is 0 Å². The number of hydrogen-bond donors (Lipinski definition) is 1. The van der Waals surface area contributed by atoms with Crippen molar-refractivity contribution in [3.05, 3.63) is 40.8 Å². The van der Waals surface area contributed by atoms with Crippen molar-refractivity contribution in [1.29, 1.82) is 0 Å². The van der Waals surface area contributed by atoms with E-state index < -0.39 is 0 Å². The third kappa shape index (κ3) is 2.64. The molecule has 23 heavy (non-hydrogen) atoms. The lowest BCUT2D eigenvalue weighted by molar-refractivity contribution is 0.112. The quantitative estimate of drug-likeness (QED) is 0.819. The fraction of sp³-hybridized carbons (Fsp3) is 0.294. The number of nitrogens with one attached hydrogen (secondary N) is 1. The van der Waals surface area contributed by atoms with E-state index in [-0.39, 0.29) is 0 Å². The van der Waals surface area contributed by atoms with E-state index in [0.717, 1.165) is 65.1 Å². The number of nitrogens with zero attached hydrogens (tertiary/aromatic N) is 3. The Balaban J connectivity index is 1.82. The van der Waals surface area contributed by atoms with Gasteiger partial charge in [-0.2, -0.15) is 0 Å². The van der Waals surface area contributed by atoms with Crippen LogP contribution in [0, 0.1) is 0 Å². The Morgan fingerprint density at radius 3 is 2.78 bits per heavy atom. The van der Waals surface area contributed by atoms with Crippen LogP contribution in [0.15, 0.2) is 35.3 Å². The summed E-state index contributed by atoms with van der Waals surface area (Å²) in [5, 5.41) is 4.44. The molecule has 0 unspecified atom stereocenters. The van der Waals surface area contributed by atoms with Gasteiger partial charge in [0.15, 0.2) is 6.29 Å². The summed E-state index contributed by atoms with van der Waals surface area (Å²) in [4.78, 5) is 21.5. The van der Waals surface area contributed by atoms with Crippen LogP contribution in [-0.4, -0.2) is 55.1 Å². The number of hydrogen-bond acceptors (Lipinski definition) is 6. The first kappa shape index (κ1) is 14.4. The van der Waals surface area contributed by atoms with E-state index in [0.29, 0.717) is 0 Å². The van der Waals surface area contributed by atoms with Crippen molar-refractivity contribution in [2.24, 2.45) is 4.99 Å². The van der Waals surface area contributed by atoms with Crippen LogP contribution >= 0.6 is 11.3 Å². The van der Waals surface area contributed by atoms with Gasteiger partial charge in [-0.15, -0.1) is 11.3 Å². The molecule has 0 bridgehead atoms. The van der Waals surface area contributed by atoms with Gasteiger partial charge < -0.3 is 15.1 Å². The molecule has 118 valence electrons. The highest BCUT2D eigenvalue weighted by Crippen LogP contribution is 2.38. The topological polar surface area (TPSA) is 47.9 Å². The van der Waals surface area contributed by atoms with Crippen LogP contribution < -0.4 is 5.32 Å². The monoisotopic (exact) mass is 326 g/mol. The summed E-state index contributed by atoms with van der Waals surface area (Å²) in [7, 11) is 2.14. The van der Waals surface area contributed by atoms with Crippen molar-refractivity contribution in [2.75, 3.05) is 38.5 Å². The second-order valence-corrected chi connectivity index (χ2v) is 6.96. The van der Waals surface area contributed by atoms with Crippen LogP contribution in [0.4, 0.5) is 16.4 Å². The molecule has 1 aromatic carbocycles. The van der Waals surface area contributed by atoms with Gasteiger partial charge in [0.2, 0.25) is 0 Å². The van der Waals surface area contributed by atoms with Crippen LogP contribution in [0.5, 0.6) is 0 Å². The number of benzene rings is 1. The molecule has 2 aliphatic heterocycles. The average molecular weight is 326 g/mol. The molecule has 6 heteroatoms. The number of anilines is 2. The molecule has 0 saturated carbocycles. The smallest absolute Gasteiger partial charge is 0.160 e. The van der Waals surface area contributed by atoms with Crippen molar-refractivity contribution in [3.63, 3.8) is 0 Å². The van der Waals surface area contributed by atoms with E-state index in [1.165, 1.54) is 11.3 Å². The van der Waals surface area contributed by atoms with Crippen molar-refractivity contribution in [1.82, 2.24) is 9.80 Å². The Morgan fingerprint density at radius 1 is 1.22 bits per heavy atom. The lowest BCUT2D eigenvalue weighted by atomic mass is 10.2. The third-order valence-electron chi connectivity index (χ3n) is 4.29. The maximum atomic E-state index is 11.2. The number of carbonyl (C=O) groups is 1. The first-order valence-corrected chi connectivity index (χ1v) is 8.54. The predicted octanol–water partition coefficient (Wildman–Crippen LogP) is 2.94. The highest BCUT2D eigenvalue weighted by molar-refractivity contribution is 7.18. The molecule has 1 fully saturated rings. The summed E-state index contributed by atoms with van der Waals surface area (Å²) in [6, 6.07) is 9.99. The number of aldehydes is 1. The molecule has 0 spiro atoms. The number of fused-ring (bicyclic) bond motifs is 2. The van der Waals surface area contributed by atoms with Gasteiger partial charge >= 0.3 is 0 Å². The predicted molar refractivity (Wildman–Crippen MR) is 94.7 cm³/mol. The van der Waals surface area contributed by atoms with Crippen molar-refractivity contribution >= 4 is 39.8 Å². The summed E-state index contributed by atoms with van der Waals surface area (Å²) in [6.45, 7) is 3.94. The van der Waals surface area contributed by atoms with Gasteiger partial charge in [-0.25, -0.2) is 4.99 Å². The van der Waals surface area contributed by atoms with E-state index in [1.54, 1.807) is 0 Å². The van der Waals surface area contributed by atoms with Crippen LogP contribution in [0.25, 0.3) is 0 Å². The third-order valence-corrected chi connectivity index (χ3v) is 5.27. The normalized spacial score (nSPS) is 17.6. The number of amidine groups is 1. The lowest BCUT2D eigenvalue weighted by Gasteiger charge is -2.34. The summed E-state index contributed by atoms with van der Waals surface area (Å²) in [5.74, 6) is 0.968. The van der Waals surface area contributed by atoms with Gasteiger partial charge in [0.05, 0.1) is 21.8 Å². The summed E-state index contributed by atoms with van der Waals surface area (Å²) >= 11 is 1.48. The highest BCUT2D eigenvalue weighted by atomic mass is 32.1. The summed E-state index contributed by atoms with van der Waals surface area (Å²) in [5.41, 5.74) is 2.95. The Morgan fingerprint density at radius 2 is 2.00 bits per heavy atom. The molecule has 5 nitrogen and oxygen atoms in total. The second kappa shape index (κ2) is 5.79. The molecule has 0 aliphatic carbocycles. The first-order valence-electron chi connectivity index (χ1n) is 7.72. The largest absolute Gasteiger partial charge is 0.353 e. The van der Waals surface area contributed by atoms with Gasteiger partial charge in [0, 0.05) is 26.2 Å². The zero-order chi connectivity index (χ0) is 15.8. The van der Waals surface area contributed by atoms with Gasteiger partial charge in [0.1, 0.15) is 10.8 Å². The Kier molecular flexibility index (Phi) is 3.63. The minimum Gasteiger partial charge on any atom is -0.353 e. The van der Waals surface area contributed by atoms with Gasteiger partial charge in [-0.3, -0.25) is 4.79 Å². The Hall–Kier alpha value is -2.18. The molecule has 3 heterocycles. The van der Waals surface area contributed by atoms with E-state index >= 15 is 0 Å².